The monoisotopic (exact) mass is 289 g/mol. The standard InChI is InChI=1S/C17H20FNO2/c1-2-9-19-11-14-5-8-17(16(18)10-14)21-15-6-3-13(12-20)4-7-15/h3-8,10,19-20H,2,9,11-12H2,1H3. The van der Waals surface area contributed by atoms with Crippen LogP contribution in [0.3, 0.4) is 0 Å². The Labute approximate surface area is 124 Å². The molecule has 21 heavy (non-hydrogen) atoms. The van der Waals surface area contributed by atoms with Crippen molar-refractivity contribution >= 4 is 0 Å². The van der Waals surface area contributed by atoms with E-state index < -0.39 is 0 Å². The van der Waals surface area contributed by atoms with Gasteiger partial charge < -0.3 is 15.2 Å². The summed E-state index contributed by atoms with van der Waals surface area (Å²) in [4.78, 5) is 0. The van der Waals surface area contributed by atoms with E-state index in [-0.39, 0.29) is 18.2 Å². The van der Waals surface area contributed by atoms with Gasteiger partial charge in [-0.1, -0.05) is 25.1 Å². The smallest absolute Gasteiger partial charge is 0.166 e. The fraction of sp³-hybridized carbons (Fsp3) is 0.294. The van der Waals surface area contributed by atoms with Gasteiger partial charge in [0.15, 0.2) is 11.6 Å². The Morgan fingerprint density at radius 3 is 2.43 bits per heavy atom. The van der Waals surface area contributed by atoms with Gasteiger partial charge in [0.2, 0.25) is 0 Å². The van der Waals surface area contributed by atoms with Crippen LogP contribution < -0.4 is 10.1 Å². The van der Waals surface area contributed by atoms with Crippen LogP contribution in [0.25, 0.3) is 0 Å². The number of rotatable bonds is 7. The highest BCUT2D eigenvalue weighted by Gasteiger charge is 2.06. The highest BCUT2D eigenvalue weighted by Crippen LogP contribution is 2.25. The molecule has 0 heterocycles. The minimum atomic E-state index is -0.378. The van der Waals surface area contributed by atoms with Gasteiger partial charge in [-0.3, -0.25) is 0 Å². The van der Waals surface area contributed by atoms with Gasteiger partial charge in [0.1, 0.15) is 5.75 Å². The van der Waals surface area contributed by atoms with Crippen LogP contribution in [0.4, 0.5) is 4.39 Å². The summed E-state index contributed by atoms with van der Waals surface area (Å²) in [5.41, 5.74) is 1.68. The molecule has 0 fully saturated rings. The van der Waals surface area contributed by atoms with E-state index in [1.165, 1.54) is 6.07 Å². The van der Waals surface area contributed by atoms with Crippen molar-refractivity contribution in [1.29, 1.82) is 0 Å². The Balaban J connectivity index is 2.02. The van der Waals surface area contributed by atoms with Crippen LogP contribution in [0.2, 0.25) is 0 Å². The lowest BCUT2D eigenvalue weighted by molar-refractivity contribution is 0.281. The Morgan fingerprint density at radius 2 is 1.81 bits per heavy atom. The van der Waals surface area contributed by atoms with Gasteiger partial charge in [0.25, 0.3) is 0 Å². The predicted octanol–water partition coefficient (Wildman–Crippen LogP) is 3.61. The fourth-order valence-corrected chi connectivity index (χ4v) is 1.94. The molecule has 112 valence electrons. The van der Waals surface area contributed by atoms with Crippen LogP contribution in [-0.2, 0) is 13.2 Å². The van der Waals surface area contributed by atoms with Crippen LogP contribution in [0.1, 0.15) is 24.5 Å². The molecule has 0 aliphatic carbocycles. The molecule has 0 unspecified atom stereocenters. The van der Waals surface area contributed by atoms with Crippen LogP contribution in [0.5, 0.6) is 11.5 Å². The first-order chi connectivity index (χ1) is 10.2. The summed E-state index contributed by atoms with van der Waals surface area (Å²) in [7, 11) is 0. The normalized spacial score (nSPS) is 10.6. The maximum atomic E-state index is 14.0. The van der Waals surface area contributed by atoms with Gasteiger partial charge in [0, 0.05) is 6.54 Å². The summed E-state index contributed by atoms with van der Waals surface area (Å²) in [6, 6.07) is 11.9. The number of ether oxygens (including phenoxy) is 1. The molecule has 0 aliphatic rings. The topological polar surface area (TPSA) is 41.5 Å². The minimum absolute atomic E-state index is 0.0197. The number of halogens is 1. The highest BCUT2D eigenvalue weighted by atomic mass is 19.1. The second-order valence-corrected chi connectivity index (χ2v) is 4.85. The molecule has 0 amide bonds. The summed E-state index contributed by atoms with van der Waals surface area (Å²) >= 11 is 0. The molecule has 0 saturated carbocycles. The molecular weight excluding hydrogens is 269 g/mol. The number of hydrogen-bond acceptors (Lipinski definition) is 3. The largest absolute Gasteiger partial charge is 0.454 e. The minimum Gasteiger partial charge on any atom is -0.454 e. The lowest BCUT2D eigenvalue weighted by atomic mass is 10.2. The second kappa shape index (κ2) is 7.76. The van der Waals surface area contributed by atoms with E-state index in [9.17, 15) is 4.39 Å². The Hall–Kier alpha value is -1.91. The lowest BCUT2D eigenvalue weighted by Gasteiger charge is -2.09. The molecule has 2 aromatic rings. The molecule has 4 heteroatoms. The van der Waals surface area contributed by atoms with Crippen molar-refractivity contribution in [2.45, 2.75) is 26.5 Å². The van der Waals surface area contributed by atoms with Crippen LogP contribution >= 0.6 is 0 Å². The lowest BCUT2D eigenvalue weighted by Crippen LogP contribution is -2.13. The third kappa shape index (κ3) is 4.55. The van der Waals surface area contributed by atoms with Crippen LogP contribution in [0, 0.1) is 5.82 Å². The van der Waals surface area contributed by atoms with Gasteiger partial charge in [-0.15, -0.1) is 0 Å². The van der Waals surface area contributed by atoms with Crippen molar-refractivity contribution in [2.75, 3.05) is 6.54 Å². The third-order valence-corrected chi connectivity index (χ3v) is 3.09. The second-order valence-electron chi connectivity index (χ2n) is 4.85. The average molecular weight is 289 g/mol. The van der Waals surface area contributed by atoms with Gasteiger partial charge >= 0.3 is 0 Å². The van der Waals surface area contributed by atoms with Gasteiger partial charge in [-0.2, -0.15) is 0 Å². The summed E-state index contributed by atoms with van der Waals surface area (Å²) in [6.45, 7) is 3.63. The fourth-order valence-electron chi connectivity index (χ4n) is 1.94. The molecule has 0 aromatic heterocycles. The molecule has 0 spiro atoms. The van der Waals surface area contributed by atoms with E-state index in [0.717, 1.165) is 24.1 Å². The van der Waals surface area contributed by atoms with E-state index in [2.05, 4.69) is 12.2 Å². The first kappa shape index (κ1) is 15.5. The maximum Gasteiger partial charge on any atom is 0.166 e. The van der Waals surface area contributed by atoms with Crippen molar-refractivity contribution in [3.8, 4) is 11.5 Å². The predicted molar refractivity (Wildman–Crippen MR) is 80.8 cm³/mol. The number of aliphatic hydroxyl groups excluding tert-OH is 1. The highest BCUT2D eigenvalue weighted by molar-refractivity contribution is 5.35. The van der Waals surface area contributed by atoms with Gasteiger partial charge in [0.05, 0.1) is 6.61 Å². The molecule has 2 aromatic carbocycles. The first-order valence-corrected chi connectivity index (χ1v) is 7.09. The van der Waals surface area contributed by atoms with E-state index in [1.807, 2.05) is 6.07 Å². The van der Waals surface area contributed by atoms with Gasteiger partial charge in [-0.25, -0.2) is 4.39 Å². The third-order valence-electron chi connectivity index (χ3n) is 3.09. The molecule has 0 atom stereocenters. The summed E-state index contributed by atoms with van der Waals surface area (Å²) in [5, 5.41) is 12.2. The van der Waals surface area contributed by atoms with Crippen molar-refractivity contribution in [3.63, 3.8) is 0 Å². The zero-order valence-electron chi connectivity index (χ0n) is 12.1. The zero-order valence-corrected chi connectivity index (χ0v) is 12.1. The molecule has 0 aliphatic heterocycles. The molecule has 0 saturated heterocycles. The number of nitrogens with one attached hydrogen (secondary N) is 1. The van der Waals surface area contributed by atoms with E-state index >= 15 is 0 Å². The Kier molecular flexibility index (Phi) is 5.72. The summed E-state index contributed by atoms with van der Waals surface area (Å²) in [6.07, 6.45) is 1.05. The molecule has 0 radical (unpaired) electrons. The number of hydrogen-bond donors (Lipinski definition) is 2. The number of aliphatic hydroxyl groups is 1. The molecule has 2 rings (SSSR count). The Bertz CT molecular complexity index is 570. The average Bonchev–Trinajstić information content (AvgIpc) is 2.51. The van der Waals surface area contributed by atoms with Crippen molar-refractivity contribution < 1.29 is 14.2 Å². The molecule has 0 bridgehead atoms. The maximum absolute atomic E-state index is 14.0. The van der Waals surface area contributed by atoms with Crippen LogP contribution in [-0.4, -0.2) is 11.7 Å². The molecular formula is C17H20FNO2. The quantitative estimate of drug-likeness (QED) is 0.765. The first-order valence-electron chi connectivity index (χ1n) is 7.09. The summed E-state index contributed by atoms with van der Waals surface area (Å²) in [5.74, 6) is 0.367. The SMILES string of the molecule is CCCNCc1ccc(Oc2ccc(CO)cc2)c(F)c1. The van der Waals surface area contributed by atoms with E-state index in [4.69, 9.17) is 9.84 Å². The van der Waals surface area contributed by atoms with Crippen molar-refractivity contribution in [3.05, 3.63) is 59.4 Å². The van der Waals surface area contributed by atoms with Gasteiger partial charge in [-0.05, 0) is 48.4 Å². The van der Waals surface area contributed by atoms with E-state index in [1.54, 1.807) is 30.3 Å². The number of benzene rings is 2. The molecule has 3 nitrogen and oxygen atoms in total. The summed E-state index contributed by atoms with van der Waals surface area (Å²) < 4.78 is 19.5. The van der Waals surface area contributed by atoms with Crippen molar-refractivity contribution in [1.82, 2.24) is 5.32 Å². The molecule has 2 N–H and O–H groups in total. The van der Waals surface area contributed by atoms with Crippen LogP contribution in [0.15, 0.2) is 42.5 Å². The van der Waals surface area contributed by atoms with Crippen molar-refractivity contribution in [2.24, 2.45) is 0 Å². The zero-order chi connectivity index (χ0) is 15.1. The Morgan fingerprint density at radius 1 is 1.10 bits per heavy atom. The van der Waals surface area contributed by atoms with E-state index in [0.29, 0.717) is 12.3 Å².